The van der Waals surface area contributed by atoms with E-state index in [9.17, 15) is 44.4 Å². The molecule has 2 aromatic rings. The molecule has 8 rings (SSSR count). The molecule has 4 fully saturated rings. The first-order valence-electron chi connectivity index (χ1n) is 24.5. The number of ether oxygens (including phenoxy) is 8. The Morgan fingerprint density at radius 2 is 1.69 bits per heavy atom. The second-order valence-electron chi connectivity index (χ2n) is 20.2. The number of hydrogen-bond acceptors (Lipinski definition) is 19. The minimum atomic E-state index is -2.33. The third-order valence-electron chi connectivity index (χ3n) is 14.3. The number of amides is 1. The maximum atomic E-state index is 14.6. The van der Waals surface area contributed by atoms with Gasteiger partial charge in [0.25, 0.3) is 0 Å². The Bertz CT molecular complexity index is 2350. The summed E-state index contributed by atoms with van der Waals surface area (Å²) in [6.45, 7) is 7.31. The van der Waals surface area contributed by atoms with Crippen LogP contribution < -0.4 is 15.5 Å². The predicted molar refractivity (Wildman–Crippen MR) is 247 cm³/mol. The highest BCUT2D eigenvalue weighted by Gasteiger charge is 2.55. The molecule has 9 atom stereocenters. The molecule has 6 aliphatic rings. The highest BCUT2D eigenvalue weighted by Crippen LogP contribution is 2.53. The van der Waals surface area contributed by atoms with Crippen LogP contribution in [-0.2, 0) is 58.8 Å². The number of nitrogens with zero attached hydrogens (tertiary/aromatic N) is 1. The van der Waals surface area contributed by atoms with Gasteiger partial charge in [-0.1, -0.05) is 18.6 Å². The van der Waals surface area contributed by atoms with Crippen LogP contribution in [0.15, 0.2) is 18.2 Å². The predicted octanol–water partition coefficient (Wildman–Crippen LogP) is 3.47. The van der Waals surface area contributed by atoms with Gasteiger partial charge in [-0.2, -0.15) is 5.48 Å². The summed E-state index contributed by atoms with van der Waals surface area (Å²) in [6.07, 6.45) is -1.17. The van der Waals surface area contributed by atoms with E-state index in [1.54, 1.807) is 20.8 Å². The van der Waals surface area contributed by atoms with Gasteiger partial charge >= 0.3 is 5.97 Å². The summed E-state index contributed by atoms with van der Waals surface area (Å²) < 4.78 is 48.6. The Balaban J connectivity index is 1.00. The number of ketones is 3. The van der Waals surface area contributed by atoms with Gasteiger partial charge in [-0.05, 0) is 65.9 Å². The molecule has 21 nitrogen and oxygen atoms in total. The number of Topliss-reactive ketones (excluding diaryl/α,β-unsaturated/α-hetero) is 1. The quantitative estimate of drug-likeness (QED) is 0.0434. The van der Waals surface area contributed by atoms with E-state index < -0.39 is 138 Å². The van der Waals surface area contributed by atoms with Crippen LogP contribution in [0.4, 0.5) is 0 Å². The van der Waals surface area contributed by atoms with Crippen molar-refractivity contribution in [1.29, 1.82) is 0 Å². The van der Waals surface area contributed by atoms with E-state index >= 15 is 0 Å². The number of carbonyl (C=O) groups excluding carboxylic acids is 4. The number of aromatic hydroxyl groups is 2. The van der Waals surface area contributed by atoms with Crippen molar-refractivity contribution in [3.63, 3.8) is 0 Å². The lowest BCUT2D eigenvalue weighted by molar-refractivity contribution is -0.258. The number of aliphatic hydroxyl groups is 1. The lowest BCUT2D eigenvalue weighted by atomic mass is 9.72. The standard InChI is InChI=1S/C50H67N3O18/c1-26-44-30(53-19-20-65-47(64-6)45(53)70-44)21-35(68-26)69-32-23-49(62,22-28-37(32)43(59)39-38(41(28)57)40(56)27-13-12-15-31(63-5)36(27)42(39)58)33(54)24-66-50(16-9-7-10-17-50)67-25-34(55)51-18-11-8-14-29(46(60)61)52-71-48(2,3)4/h12-13,15,26,29-30,32,35,44-45,47,52,57,59,62H,7-11,14,16-25H2,1-6H3,(H,51,55)(H,60,61)/t26-,29-,30-,32-,35-,44+,45+,47-,49-/m0/s1. The first-order valence-corrected chi connectivity index (χ1v) is 24.5. The average molecular weight is 998 g/mol. The van der Waals surface area contributed by atoms with Crippen LogP contribution in [0.5, 0.6) is 17.2 Å². The van der Waals surface area contributed by atoms with E-state index in [0.29, 0.717) is 51.7 Å². The van der Waals surface area contributed by atoms with E-state index in [0.717, 1.165) is 6.42 Å². The van der Waals surface area contributed by atoms with E-state index in [4.69, 9.17) is 42.7 Å². The van der Waals surface area contributed by atoms with Gasteiger partial charge in [0.15, 0.2) is 36.2 Å². The smallest absolute Gasteiger partial charge is 0.323 e. The number of carboxylic acids is 1. The summed E-state index contributed by atoms with van der Waals surface area (Å²) in [5, 5.41) is 49.2. The minimum absolute atomic E-state index is 0.0644. The minimum Gasteiger partial charge on any atom is -0.507 e. The summed E-state index contributed by atoms with van der Waals surface area (Å²) >= 11 is 0. The topological polar surface area (TPSA) is 277 Å². The zero-order chi connectivity index (χ0) is 51.0. The van der Waals surface area contributed by atoms with Crippen molar-refractivity contribution in [2.45, 2.75) is 165 Å². The van der Waals surface area contributed by atoms with Crippen LogP contribution in [0.1, 0.15) is 141 Å². The van der Waals surface area contributed by atoms with Crippen molar-refractivity contribution < 1.29 is 87.1 Å². The molecule has 0 bridgehead atoms. The van der Waals surface area contributed by atoms with Crippen LogP contribution in [0, 0.1) is 0 Å². The molecular formula is C50H67N3O18. The molecule has 1 amide bonds. The number of phenolic OH excluding ortho intramolecular Hbond substituents is 2. The van der Waals surface area contributed by atoms with Crippen LogP contribution in [0.2, 0.25) is 0 Å². The van der Waals surface area contributed by atoms with Crippen molar-refractivity contribution in [3.05, 3.63) is 51.6 Å². The van der Waals surface area contributed by atoms with Crippen molar-refractivity contribution in [2.24, 2.45) is 0 Å². The largest absolute Gasteiger partial charge is 0.507 e. The molecule has 3 heterocycles. The van der Waals surface area contributed by atoms with Crippen LogP contribution in [0.3, 0.4) is 0 Å². The van der Waals surface area contributed by atoms with Gasteiger partial charge in [0.1, 0.15) is 48.2 Å². The summed E-state index contributed by atoms with van der Waals surface area (Å²) in [5.41, 5.74) is -1.69. The second-order valence-corrected chi connectivity index (χ2v) is 20.2. The number of carbonyl (C=O) groups is 5. The van der Waals surface area contributed by atoms with Crippen molar-refractivity contribution in [1.82, 2.24) is 15.7 Å². The van der Waals surface area contributed by atoms with Crippen LogP contribution in [-0.4, -0.2) is 162 Å². The highest BCUT2D eigenvalue weighted by molar-refractivity contribution is 6.31. The normalized spacial score (nSPS) is 28.5. The first-order chi connectivity index (χ1) is 33.8. The number of methoxy groups -OCH3 is 2. The number of unbranched alkanes of at least 4 members (excludes halogenated alkanes) is 1. The Morgan fingerprint density at radius 1 is 0.958 bits per heavy atom. The number of hydrogen-bond donors (Lipinski definition) is 6. The maximum Gasteiger partial charge on any atom is 0.323 e. The number of nitrogens with one attached hydrogen (secondary N) is 2. The van der Waals surface area contributed by atoms with E-state index in [1.807, 2.05) is 6.92 Å². The molecule has 0 spiro atoms. The lowest BCUT2D eigenvalue weighted by Gasteiger charge is -2.43. The van der Waals surface area contributed by atoms with E-state index in [2.05, 4.69) is 15.7 Å². The molecule has 0 unspecified atom stereocenters. The second kappa shape index (κ2) is 21.4. The van der Waals surface area contributed by atoms with Gasteiger partial charge in [0.05, 0.1) is 48.2 Å². The summed E-state index contributed by atoms with van der Waals surface area (Å²) in [7, 11) is 2.87. The number of fused-ring (bicyclic) bond motifs is 6. The van der Waals surface area contributed by atoms with Crippen LogP contribution in [0.25, 0.3) is 0 Å². The summed E-state index contributed by atoms with van der Waals surface area (Å²) in [6, 6.07) is 3.28. The molecule has 71 heavy (non-hydrogen) atoms. The molecule has 3 aliphatic carbocycles. The maximum absolute atomic E-state index is 14.6. The number of carboxylic acid groups (broad SMARTS) is 1. The third-order valence-corrected chi connectivity index (χ3v) is 14.3. The highest BCUT2D eigenvalue weighted by atomic mass is 16.7. The molecule has 0 aromatic heterocycles. The van der Waals surface area contributed by atoms with Gasteiger partial charge in [0, 0.05) is 75.0 Å². The summed E-state index contributed by atoms with van der Waals surface area (Å²) in [5.74, 6) is -6.49. The number of phenols is 2. The Morgan fingerprint density at radius 3 is 2.39 bits per heavy atom. The molecule has 1 saturated carbocycles. The molecule has 3 aliphatic heterocycles. The number of rotatable bonds is 19. The fraction of sp³-hybridized carbons (Fsp3) is 0.660. The molecule has 6 N–H and O–H groups in total. The van der Waals surface area contributed by atoms with Gasteiger partial charge in [-0.3, -0.25) is 33.7 Å². The summed E-state index contributed by atoms with van der Waals surface area (Å²) in [4.78, 5) is 75.3. The third kappa shape index (κ3) is 10.9. The number of benzene rings is 2. The van der Waals surface area contributed by atoms with Crippen molar-refractivity contribution in [3.8, 4) is 17.2 Å². The number of hydroxylamine groups is 1. The Kier molecular flexibility index (Phi) is 15.9. The number of aliphatic carboxylic acids is 1. The van der Waals surface area contributed by atoms with Gasteiger partial charge < -0.3 is 63.6 Å². The lowest BCUT2D eigenvalue weighted by Crippen LogP contribution is -2.55. The monoisotopic (exact) mass is 997 g/mol. The van der Waals surface area contributed by atoms with Crippen molar-refractivity contribution >= 4 is 29.2 Å². The molecule has 2 aromatic carbocycles. The van der Waals surface area contributed by atoms with Crippen molar-refractivity contribution in [2.75, 3.05) is 47.1 Å². The number of morpholine rings is 1. The Hall–Kier alpha value is -4.65. The molecular weight excluding hydrogens is 931 g/mol. The molecule has 21 heteroatoms. The van der Waals surface area contributed by atoms with E-state index in [1.165, 1.54) is 32.4 Å². The van der Waals surface area contributed by atoms with E-state index in [-0.39, 0.29) is 53.4 Å². The fourth-order valence-electron chi connectivity index (χ4n) is 10.7. The van der Waals surface area contributed by atoms with Gasteiger partial charge in [-0.15, -0.1) is 0 Å². The molecule has 390 valence electrons. The van der Waals surface area contributed by atoms with Crippen LogP contribution >= 0.6 is 0 Å². The Labute approximate surface area is 411 Å². The van der Waals surface area contributed by atoms with Gasteiger partial charge in [0.2, 0.25) is 11.7 Å². The zero-order valence-corrected chi connectivity index (χ0v) is 41.1. The fourth-order valence-corrected chi connectivity index (χ4v) is 10.7. The SMILES string of the molecule is COc1cccc2c1C(=O)c1c(O)c3c(c(O)c1C2=O)C[C@@](O)(C(=O)COC1(OCC(=O)NCCCC[C@H](NOC(C)(C)C)C(=O)O)CCCCC1)C[C@@H]3O[C@H]1C[C@H]2[C@H](O[C@@H]3[C@@H](OC)OCCN32)[C@H](C)O1. The van der Waals surface area contributed by atoms with Gasteiger partial charge in [-0.25, -0.2) is 0 Å². The molecule has 3 saturated heterocycles. The zero-order valence-electron chi connectivity index (χ0n) is 41.1. The average Bonchev–Trinajstić information content (AvgIpc) is 3.72. The first kappa shape index (κ1) is 52.7. The molecule has 0 radical (unpaired) electrons.